The summed E-state index contributed by atoms with van der Waals surface area (Å²) in [6.45, 7) is 14.1. The minimum atomic E-state index is -1.53. The van der Waals surface area contributed by atoms with Gasteiger partial charge in [0.1, 0.15) is 6.33 Å². The van der Waals surface area contributed by atoms with Crippen molar-refractivity contribution in [2.24, 2.45) is 5.41 Å². The van der Waals surface area contributed by atoms with Crippen molar-refractivity contribution in [3.05, 3.63) is 66.5 Å². The average molecular weight is 455 g/mol. The molecule has 0 atom stereocenters. The topological polar surface area (TPSA) is 25.8 Å². The number of nitrogens with zero attached hydrogens (tertiary/aromatic N) is 2. The molecule has 0 aliphatic rings. The second-order valence-corrected chi connectivity index (χ2v) is 17.2. The van der Waals surface area contributed by atoms with Gasteiger partial charge in [0.2, 0.25) is 0 Å². The quantitative estimate of drug-likeness (QED) is 0.260. The van der Waals surface area contributed by atoms with Crippen molar-refractivity contribution in [2.45, 2.75) is 46.8 Å². The summed E-state index contributed by atoms with van der Waals surface area (Å²) < 4.78 is 2.49. The minimum Gasteiger partial charge on any atom is -0.235 e. The van der Waals surface area contributed by atoms with Gasteiger partial charge in [-0.05, 0) is 40.3 Å². The van der Waals surface area contributed by atoms with E-state index >= 15 is 0 Å². The molecule has 0 saturated heterocycles. The van der Waals surface area contributed by atoms with E-state index in [0.717, 1.165) is 17.6 Å². The summed E-state index contributed by atoms with van der Waals surface area (Å²) in [6, 6.07) is 20.3. The summed E-state index contributed by atoms with van der Waals surface area (Å²) in [7, 11) is -1.53. The van der Waals surface area contributed by atoms with Gasteiger partial charge in [-0.1, -0.05) is 88.1 Å². The van der Waals surface area contributed by atoms with Gasteiger partial charge in [0, 0.05) is 15.6 Å². The van der Waals surface area contributed by atoms with Crippen LogP contribution in [0.5, 0.6) is 0 Å². The van der Waals surface area contributed by atoms with Gasteiger partial charge in [-0.25, -0.2) is 9.97 Å². The first-order valence-electron chi connectivity index (χ1n) is 11.3. The van der Waals surface area contributed by atoms with Crippen molar-refractivity contribution in [2.75, 3.05) is 0 Å². The van der Waals surface area contributed by atoms with E-state index < -0.39 is 8.07 Å². The third-order valence-electron chi connectivity index (χ3n) is 5.99. The lowest BCUT2D eigenvalue weighted by atomic mass is 9.88. The van der Waals surface area contributed by atoms with Crippen LogP contribution in [0.3, 0.4) is 0 Å². The lowest BCUT2D eigenvalue weighted by molar-refractivity contribution is 0.411. The zero-order valence-electron chi connectivity index (χ0n) is 19.8. The molecule has 32 heavy (non-hydrogen) atoms. The monoisotopic (exact) mass is 454 g/mol. The molecule has 0 radical (unpaired) electrons. The van der Waals surface area contributed by atoms with E-state index in [9.17, 15) is 0 Å². The van der Waals surface area contributed by atoms with Gasteiger partial charge in [-0.2, -0.15) is 0 Å². The van der Waals surface area contributed by atoms with Gasteiger partial charge >= 0.3 is 0 Å². The van der Waals surface area contributed by atoms with Gasteiger partial charge in [0.05, 0.1) is 24.0 Å². The Balaban J connectivity index is 1.74. The summed E-state index contributed by atoms with van der Waals surface area (Å²) in [6.07, 6.45) is 2.80. The third-order valence-corrected chi connectivity index (χ3v) is 9.17. The summed E-state index contributed by atoms with van der Waals surface area (Å²) in [4.78, 5) is 9.50. The predicted octanol–water partition coefficient (Wildman–Crippen LogP) is 7.80. The smallest absolute Gasteiger partial charge is 0.116 e. The first-order chi connectivity index (χ1) is 15.1. The number of aromatic nitrogens is 2. The highest BCUT2D eigenvalue weighted by Crippen LogP contribution is 2.39. The molecule has 4 heteroatoms. The lowest BCUT2D eigenvalue weighted by Gasteiger charge is -2.21. The van der Waals surface area contributed by atoms with E-state index in [2.05, 4.69) is 95.0 Å². The molecule has 0 N–H and O–H groups in total. The zero-order valence-corrected chi connectivity index (χ0v) is 21.6. The molecule has 5 aromatic rings. The number of hydrogen-bond donors (Lipinski definition) is 0. The van der Waals surface area contributed by atoms with E-state index in [0.29, 0.717) is 0 Å². The maximum absolute atomic E-state index is 4.80. The molecule has 0 amide bonds. The van der Waals surface area contributed by atoms with Crippen LogP contribution in [0.1, 0.15) is 26.3 Å². The first-order valence-corrected chi connectivity index (χ1v) is 15.6. The van der Waals surface area contributed by atoms with Crippen LogP contribution in [-0.4, -0.2) is 18.0 Å². The molecule has 0 bridgehead atoms. The molecule has 0 unspecified atom stereocenters. The fraction of sp³-hybridized carbons (Fsp3) is 0.286. The predicted molar refractivity (Wildman–Crippen MR) is 144 cm³/mol. The summed E-state index contributed by atoms with van der Waals surface area (Å²) in [5.41, 5.74) is 4.99. The highest BCUT2D eigenvalue weighted by atomic mass is 32.1. The van der Waals surface area contributed by atoms with Crippen molar-refractivity contribution in [3.63, 3.8) is 0 Å². The van der Waals surface area contributed by atoms with Crippen LogP contribution in [-0.2, 0) is 6.42 Å². The molecule has 3 aromatic carbocycles. The molecule has 0 aliphatic carbocycles. The van der Waals surface area contributed by atoms with Gasteiger partial charge in [-0.15, -0.1) is 11.3 Å². The normalized spacial score (nSPS) is 12.8. The molecule has 0 spiro atoms. The second kappa shape index (κ2) is 7.50. The molecule has 5 rings (SSSR count). The Hall–Kier alpha value is -2.56. The van der Waals surface area contributed by atoms with E-state index in [-0.39, 0.29) is 5.41 Å². The molecule has 0 aliphatic heterocycles. The minimum absolute atomic E-state index is 0.271. The standard InChI is InChI=1S/C28H30N2SSi/c1-28(2,3)16-18-11-12-22-23(13-18)31-27-25(29-17-30-26(22)27)20-14-19-9-7-8-10-21(19)24(15-20)32(4,5)6/h7-15,17H,16H2,1-6H3. The molecule has 0 fully saturated rings. The number of rotatable bonds is 3. The van der Waals surface area contributed by atoms with Gasteiger partial charge < -0.3 is 0 Å². The molecule has 0 saturated carbocycles. The molecule has 2 aromatic heterocycles. The Bertz CT molecular complexity index is 1470. The van der Waals surface area contributed by atoms with Crippen LogP contribution in [0.15, 0.2) is 60.9 Å². The highest BCUT2D eigenvalue weighted by Gasteiger charge is 2.22. The van der Waals surface area contributed by atoms with Crippen LogP contribution in [0, 0.1) is 5.41 Å². The molecule has 2 nitrogen and oxygen atoms in total. The average Bonchev–Trinajstić information content (AvgIpc) is 3.08. The van der Waals surface area contributed by atoms with E-state index in [1.165, 1.54) is 41.9 Å². The number of hydrogen-bond acceptors (Lipinski definition) is 3. The molecular weight excluding hydrogens is 424 g/mol. The second-order valence-electron chi connectivity index (χ2n) is 11.1. The fourth-order valence-electron chi connectivity index (χ4n) is 4.61. The highest BCUT2D eigenvalue weighted by molar-refractivity contribution is 7.26. The van der Waals surface area contributed by atoms with Gasteiger partial charge in [0.25, 0.3) is 0 Å². The molecule has 2 heterocycles. The summed E-state index contributed by atoms with van der Waals surface area (Å²) in [5.74, 6) is 0. The van der Waals surface area contributed by atoms with Crippen molar-refractivity contribution in [1.29, 1.82) is 0 Å². The van der Waals surface area contributed by atoms with E-state index in [4.69, 9.17) is 9.97 Å². The number of fused-ring (bicyclic) bond motifs is 4. The van der Waals surface area contributed by atoms with Gasteiger partial charge in [0.15, 0.2) is 0 Å². The van der Waals surface area contributed by atoms with Crippen molar-refractivity contribution >= 4 is 55.7 Å². The Morgan fingerprint density at radius 1 is 0.875 bits per heavy atom. The number of thiophene rings is 1. The lowest BCUT2D eigenvalue weighted by Crippen LogP contribution is -2.38. The van der Waals surface area contributed by atoms with Crippen LogP contribution < -0.4 is 5.19 Å². The Morgan fingerprint density at radius 2 is 1.66 bits per heavy atom. The largest absolute Gasteiger partial charge is 0.235 e. The first kappa shape index (κ1) is 21.3. The third kappa shape index (κ3) is 3.87. The van der Waals surface area contributed by atoms with Crippen LogP contribution in [0.4, 0.5) is 0 Å². The van der Waals surface area contributed by atoms with Crippen LogP contribution in [0.25, 0.3) is 42.3 Å². The Labute approximate surface area is 195 Å². The maximum Gasteiger partial charge on any atom is 0.116 e. The van der Waals surface area contributed by atoms with Crippen molar-refractivity contribution < 1.29 is 0 Å². The molecule has 162 valence electrons. The van der Waals surface area contributed by atoms with Crippen LogP contribution in [0.2, 0.25) is 19.6 Å². The van der Waals surface area contributed by atoms with Crippen molar-refractivity contribution in [1.82, 2.24) is 9.97 Å². The van der Waals surface area contributed by atoms with Crippen molar-refractivity contribution in [3.8, 4) is 11.3 Å². The number of benzene rings is 3. The maximum atomic E-state index is 4.80. The van der Waals surface area contributed by atoms with E-state index in [1.54, 1.807) is 6.33 Å². The van der Waals surface area contributed by atoms with Gasteiger partial charge in [-0.3, -0.25) is 0 Å². The summed E-state index contributed by atoms with van der Waals surface area (Å²) in [5, 5.41) is 5.40. The van der Waals surface area contributed by atoms with E-state index in [1.807, 2.05) is 11.3 Å². The fourth-order valence-corrected chi connectivity index (χ4v) is 7.47. The zero-order chi connectivity index (χ0) is 22.7. The summed E-state index contributed by atoms with van der Waals surface area (Å²) >= 11 is 1.83. The molecular formula is C28H30N2SSi. The Kier molecular flexibility index (Phi) is 4.99. The Morgan fingerprint density at radius 3 is 2.41 bits per heavy atom. The van der Waals surface area contributed by atoms with Crippen LogP contribution >= 0.6 is 11.3 Å². The SMILES string of the molecule is CC(C)(C)Cc1ccc2c(c1)sc1c(-c3cc([Si](C)(C)C)c4ccccc4c3)ncnc12.